The molecule has 0 spiro atoms. The van der Waals surface area contributed by atoms with Crippen molar-refractivity contribution in [2.75, 3.05) is 0 Å². The Balaban J connectivity index is 1.80. The smallest absolute Gasteiger partial charge is 0.330 e. The van der Waals surface area contributed by atoms with Gasteiger partial charge >= 0.3 is 5.97 Å². The van der Waals surface area contributed by atoms with Gasteiger partial charge in [-0.05, 0) is 68.1 Å². The highest BCUT2D eigenvalue weighted by molar-refractivity contribution is 5.85. The summed E-state index contributed by atoms with van der Waals surface area (Å²) in [4.78, 5) is 11.4. The van der Waals surface area contributed by atoms with Crippen LogP contribution in [-0.2, 0) is 4.79 Å². The fraction of sp³-hybridized carbons (Fsp3) is 0.870. The summed E-state index contributed by atoms with van der Waals surface area (Å²) in [6.07, 6.45) is 18.7. The number of hydrogen-bond donors (Lipinski definition) is 1. The minimum absolute atomic E-state index is 0.508. The second-order valence-corrected chi connectivity index (χ2v) is 9.27. The molecule has 0 aromatic rings. The van der Waals surface area contributed by atoms with Crippen LogP contribution in [0.5, 0.6) is 0 Å². The van der Waals surface area contributed by atoms with Crippen molar-refractivity contribution in [2.24, 2.45) is 35.5 Å². The lowest BCUT2D eigenvalue weighted by Crippen LogP contribution is -2.38. The van der Waals surface area contributed by atoms with E-state index >= 15 is 0 Å². The van der Waals surface area contributed by atoms with Crippen molar-refractivity contribution in [1.29, 1.82) is 0 Å². The lowest BCUT2D eigenvalue weighted by molar-refractivity contribution is -0.132. The van der Waals surface area contributed by atoms with Gasteiger partial charge in [-0.2, -0.15) is 0 Å². The first-order valence-electron chi connectivity index (χ1n) is 11.0. The van der Waals surface area contributed by atoms with Crippen LogP contribution in [0, 0.1) is 35.5 Å². The van der Waals surface area contributed by atoms with Gasteiger partial charge in [0.1, 0.15) is 0 Å². The van der Waals surface area contributed by atoms with E-state index < -0.39 is 5.97 Å². The third-order valence-electron chi connectivity index (χ3n) is 7.70. The molecular formula is C23H38O2. The van der Waals surface area contributed by atoms with Gasteiger partial charge < -0.3 is 5.11 Å². The number of carboxylic acid groups (broad SMARTS) is 1. The zero-order valence-corrected chi connectivity index (χ0v) is 16.4. The third-order valence-corrected chi connectivity index (χ3v) is 7.70. The van der Waals surface area contributed by atoms with Crippen molar-refractivity contribution < 1.29 is 9.90 Å². The first-order chi connectivity index (χ1) is 12.1. The lowest BCUT2D eigenvalue weighted by Gasteiger charge is -2.46. The molecule has 0 aliphatic heterocycles. The predicted octanol–water partition coefficient (Wildman–Crippen LogP) is 6.46. The Bertz CT molecular complexity index is 474. The monoisotopic (exact) mass is 346 g/mol. The van der Waals surface area contributed by atoms with Crippen molar-refractivity contribution >= 4 is 5.97 Å². The van der Waals surface area contributed by atoms with Crippen LogP contribution < -0.4 is 0 Å². The van der Waals surface area contributed by atoms with E-state index in [1.54, 1.807) is 6.92 Å². The van der Waals surface area contributed by atoms with Gasteiger partial charge in [-0.15, -0.1) is 0 Å². The molecule has 0 radical (unpaired) electrons. The summed E-state index contributed by atoms with van der Waals surface area (Å²) in [6, 6.07) is 0. The van der Waals surface area contributed by atoms with Crippen LogP contribution in [0.4, 0.5) is 0 Å². The topological polar surface area (TPSA) is 37.3 Å². The van der Waals surface area contributed by atoms with Gasteiger partial charge in [-0.25, -0.2) is 4.79 Å². The highest BCUT2D eigenvalue weighted by atomic mass is 16.4. The van der Waals surface area contributed by atoms with Gasteiger partial charge in [0, 0.05) is 5.57 Å². The van der Waals surface area contributed by atoms with Gasteiger partial charge in [0.15, 0.2) is 0 Å². The number of fused-ring (bicyclic) bond motifs is 1. The van der Waals surface area contributed by atoms with Crippen molar-refractivity contribution in [1.82, 2.24) is 0 Å². The summed E-state index contributed by atoms with van der Waals surface area (Å²) < 4.78 is 0. The van der Waals surface area contributed by atoms with Crippen molar-refractivity contribution in [3.05, 3.63) is 11.6 Å². The maximum absolute atomic E-state index is 11.4. The fourth-order valence-electron chi connectivity index (χ4n) is 6.60. The summed E-state index contributed by atoms with van der Waals surface area (Å²) in [6.45, 7) is 4.11. The second-order valence-electron chi connectivity index (χ2n) is 9.27. The first-order valence-corrected chi connectivity index (χ1v) is 11.0. The summed E-state index contributed by atoms with van der Waals surface area (Å²) >= 11 is 0. The van der Waals surface area contributed by atoms with Gasteiger partial charge in [-0.1, -0.05) is 64.4 Å². The minimum atomic E-state index is -0.725. The zero-order valence-electron chi connectivity index (χ0n) is 16.4. The van der Waals surface area contributed by atoms with Crippen molar-refractivity contribution in [3.8, 4) is 0 Å². The maximum Gasteiger partial charge on any atom is 0.330 e. The van der Waals surface area contributed by atoms with Crippen LogP contribution in [0.15, 0.2) is 11.6 Å². The average molecular weight is 347 g/mol. The van der Waals surface area contributed by atoms with Crippen LogP contribution in [0.1, 0.15) is 90.9 Å². The molecule has 3 rings (SSSR count). The quantitative estimate of drug-likeness (QED) is 0.561. The second kappa shape index (κ2) is 8.73. The van der Waals surface area contributed by atoms with E-state index in [9.17, 15) is 9.90 Å². The molecule has 0 aromatic carbocycles. The molecule has 0 aromatic heterocycles. The molecule has 25 heavy (non-hydrogen) atoms. The van der Waals surface area contributed by atoms with Gasteiger partial charge in [0.2, 0.25) is 0 Å². The average Bonchev–Trinajstić information content (AvgIpc) is 3.09. The number of hydrogen-bond acceptors (Lipinski definition) is 1. The molecular weight excluding hydrogens is 308 g/mol. The van der Waals surface area contributed by atoms with E-state index in [2.05, 4.69) is 13.0 Å². The molecule has 5 unspecified atom stereocenters. The molecule has 3 saturated carbocycles. The maximum atomic E-state index is 11.4. The van der Waals surface area contributed by atoms with Crippen LogP contribution >= 0.6 is 0 Å². The predicted molar refractivity (Wildman–Crippen MR) is 103 cm³/mol. The van der Waals surface area contributed by atoms with Gasteiger partial charge in [-0.3, -0.25) is 0 Å². The standard InChI is InChI=1S/C23H38O2/c1-3-8-18-15-19(13-16(2)23(24)25)22(21-12-7-11-20(18)21)14-17-9-5-4-6-10-17/h13,17-22H,3-12,14-15H2,1-2H3,(H,24,25). The molecule has 1 N–H and O–H groups in total. The number of allylic oxidation sites excluding steroid dienone is 1. The van der Waals surface area contributed by atoms with E-state index in [0.29, 0.717) is 11.5 Å². The largest absolute Gasteiger partial charge is 0.478 e. The molecule has 0 amide bonds. The Labute approximate surface area is 154 Å². The van der Waals surface area contributed by atoms with Crippen LogP contribution in [0.2, 0.25) is 0 Å². The molecule has 3 fully saturated rings. The molecule has 5 atom stereocenters. The normalized spacial score (nSPS) is 37.0. The number of carboxylic acids is 1. The summed E-state index contributed by atoms with van der Waals surface area (Å²) in [5.74, 6) is 4.08. The Morgan fingerprint density at radius 1 is 1.04 bits per heavy atom. The molecule has 0 heterocycles. The highest BCUT2D eigenvalue weighted by Gasteiger charge is 2.46. The van der Waals surface area contributed by atoms with Gasteiger partial charge in [0.05, 0.1) is 0 Å². The molecule has 0 saturated heterocycles. The highest BCUT2D eigenvalue weighted by Crippen LogP contribution is 2.54. The molecule has 0 bridgehead atoms. The summed E-state index contributed by atoms with van der Waals surface area (Å²) in [5, 5.41) is 9.41. The SMILES string of the molecule is CCCC1CC(C=C(C)C(=O)O)C(CC2CCCCC2)C2CCCC12. The van der Waals surface area contributed by atoms with E-state index in [1.165, 1.54) is 77.0 Å². The Kier molecular flexibility index (Phi) is 6.63. The van der Waals surface area contributed by atoms with Crippen LogP contribution in [0.3, 0.4) is 0 Å². The first kappa shape index (κ1) is 19.0. The Morgan fingerprint density at radius 2 is 1.76 bits per heavy atom. The molecule has 2 nitrogen and oxygen atoms in total. The van der Waals surface area contributed by atoms with Gasteiger partial charge in [0.25, 0.3) is 0 Å². The summed E-state index contributed by atoms with van der Waals surface area (Å²) in [7, 11) is 0. The Morgan fingerprint density at radius 3 is 2.44 bits per heavy atom. The number of carbonyl (C=O) groups is 1. The molecule has 3 aliphatic carbocycles. The summed E-state index contributed by atoms with van der Waals surface area (Å²) in [5.41, 5.74) is 0.574. The Hall–Kier alpha value is -0.790. The van der Waals surface area contributed by atoms with Crippen molar-refractivity contribution in [3.63, 3.8) is 0 Å². The van der Waals surface area contributed by atoms with E-state index in [1.807, 2.05) is 0 Å². The lowest BCUT2D eigenvalue weighted by atomic mass is 9.59. The zero-order chi connectivity index (χ0) is 17.8. The number of aliphatic carboxylic acids is 1. The fourth-order valence-corrected chi connectivity index (χ4v) is 6.60. The van der Waals surface area contributed by atoms with Crippen LogP contribution in [0.25, 0.3) is 0 Å². The van der Waals surface area contributed by atoms with E-state index in [0.717, 1.165) is 29.6 Å². The van der Waals surface area contributed by atoms with E-state index in [4.69, 9.17) is 0 Å². The minimum Gasteiger partial charge on any atom is -0.478 e. The molecule has 142 valence electrons. The molecule has 2 heteroatoms. The van der Waals surface area contributed by atoms with E-state index in [-0.39, 0.29) is 0 Å². The molecule has 3 aliphatic rings. The third kappa shape index (κ3) is 4.49. The van der Waals surface area contributed by atoms with Crippen LogP contribution in [-0.4, -0.2) is 11.1 Å². The number of rotatable bonds is 6. The van der Waals surface area contributed by atoms with Crippen molar-refractivity contribution in [2.45, 2.75) is 90.9 Å².